The second-order valence-electron chi connectivity index (χ2n) is 3.87. The Labute approximate surface area is 89.1 Å². The van der Waals surface area contributed by atoms with Crippen molar-refractivity contribution >= 4 is 5.82 Å². The van der Waals surface area contributed by atoms with Gasteiger partial charge < -0.3 is 11.1 Å². The van der Waals surface area contributed by atoms with Crippen molar-refractivity contribution in [2.75, 3.05) is 5.32 Å². The van der Waals surface area contributed by atoms with Gasteiger partial charge in [-0.15, -0.1) is 0 Å². The van der Waals surface area contributed by atoms with Crippen LogP contribution in [0.15, 0.2) is 18.2 Å². The molecule has 1 aromatic rings. The summed E-state index contributed by atoms with van der Waals surface area (Å²) in [6.07, 6.45) is 3.31. The van der Waals surface area contributed by atoms with Gasteiger partial charge in [-0.2, -0.15) is 5.26 Å². The van der Waals surface area contributed by atoms with E-state index in [1.807, 2.05) is 18.2 Å². The molecule has 1 heterocycles. The summed E-state index contributed by atoms with van der Waals surface area (Å²) >= 11 is 0. The Morgan fingerprint density at radius 3 is 3.00 bits per heavy atom. The predicted molar refractivity (Wildman–Crippen MR) is 58.2 cm³/mol. The summed E-state index contributed by atoms with van der Waals surface area (Å²) in [6, 6.07) is 7.91. The quantitative estimate of drug-likeness (QED) is 0.756. The van der Waals surface area contributed by atoms with Crippen LogP contribution in [0.5, 0.6) is 0 Å². The van der Waals surface area contributed by atoms with Crippen molar-refractivity contribution < 1.29 is 0 Å². The Kier molecular flexibility index (Phi) is 2.84. The van der Waals surface area contributed by atoms with Gasteiger partial charge in [-0.3, -0.25) is 0 Å². The van der Waals surface area contributed by atoms with Gasteiger partial charge in [0.2, 0.25) is 0 Å². The molecule has 4 nitrogen and oxygen atoms in total. The average Bonchev–Trinajstić information content (AvgIpc) is 2.65. The van der Waals surface area contributed by atoms with Crippen LogP contribution >= 0.6 is 0 Å². The number of nitrogens with two attached hydrogens (primary N) is 1. The zero-order chi connectivity index (χ0) is 10.7. The van der Waals surface area contributed by atoms with Crippen LogP contribution < -0.4 is 11.1 Å². The molecule has 1 aliphatic carbocycles. The number of rotatable bonds is 2. The lowest BCUT2D eigenvalue weighted by Crippen LogP contribution is -2.35. The summed E-state index contributed by atoms with van der Waals surface area (Å²) in [6.45, 7) is 0. The van der Waals surface area contributed by atoms with Crippen molar-refractivity contribution in [3.8, 4) is 6.07 Å². The third-order valence-corrected chi connectivity index (χ3v) is 2.77. The molecule has 1 aliphatic rings. The molecule has 2 unspecified atom stereocenters. The highest BCUT2D eigenvalue weighted by molar-refractivity contribution is 5.39. The largest absolute Gasteiger partial charge is 0.366 e. The summed E-state index contributed by atoms with van der Waals surface area (Å²) < 4.78 is 0. The van der Waals surface area contributed by atoms with Crippen LogP contribution in [-0.4, -0.2) is 17.1 Å². The normalized spacial score (nSPS) is 24.8. The first-order chi connectivity index (χ1) is 7.29. The molecular weight excluding hydrogens is 188 g/mol. The van der Waals surface area contributed by atoms with Gasteiger partial charge in [0.25, 0.3) is 0 Å². The second kappa shape index (κ2) is 4.28. The molecule has 0 amide bonds. The van der Waals surface area contributed by atoms with E-state index in [1.54, 1.807) is 6.07 Å². The average molecular weight is 202 g/mol. The predicted octanol–water partition coefficient (Wildman–Crippen LogP) is 1.24. The van der Waals surface area contributed by atoms with E-state index in [-0.39, 0.29) is 6.04 Å². The number of nitrogens with zero attached hydrogens (tertiary/aromatic N) is 2. The first-order valence-corrected chi connectivity index (χ1v) is 5.19. The highest BCUT2D eigenvalue weighted by atomic mass is 15.0. The molecular formula is C11H14N4. The van der Waals surface area contributed by atoms with Crippen LogP contribution in [-0.2, 0) is 0 Å². The lowest BCUT2D eigenvalue weighted by atomic mass is 10.2. The van der Waals surface area contributed by atoms with Crippen LogP contribution in [0.25, 0.3) is 0 Å². The summed E-state index contributed by atoms with van der Waals surface area (Å²) in [4.78, 5) is 4.16. The van der Waals surface area contributed by atoms with Gasteiger partial charge in [0.05, 0.1) is 0 Å². The van der Waals surface area contributed by atoms with Crippen molar-refractivity contribution in [1.82, 2.24) is 4.98 Å². The molecule has 2 rings (SSSR count). The zero-order valence-electron chi connectivity index (χ0n) is 8.48. The third-order valence-electron chi connectivity index (χ3n) is 2.77. The lowest BCUT2D eigenvalue weighted by molar-refractivity contribution is 0.635. The number of aromatic nitrogens is 1. The maximum atomic E-state index is 8.71. The number of nitriles is 1. The molecule has 0 aliphatic heterocycles. The number of hydrogen-bond donors (Lipinski definition) is 2. The summed E-state index contributed by atoms with van der Waals surface area (Å²) in [5, 5.41) is 12.0. The fourth-order valence-corrected chi connectivity index (χ4v) is 1.94. The fourth-order valence-electron chi connectivity index (χ4n) is 1.94. The summed E-state index contributed by atoms with van der Waals surface area (Å²) in [5.74, 6) is 0.747. The molecule has 0 saturated heterocycles. The SMILES string of the molecule is N#Cc1cccc(NC2CCCC2N)n1. The molecule has 3 N–H and O–H groups in total. The molecule has 0 aromatic carbocycles. The Morgan fingerprint density at radius 1 is 1.47 bits per heavy atom. The number of anilines is 1. The van der Waals surface area contributed by atoms with Crippen molar-refractivity contribution in [3.05, 3.63) is 23.9 Å². The Morgan fingerprint density at radius 2 is 2.33 bits per heavy atom. The van der Waals surface area contributed by atoms with Gasteiger partial charge in [0, 0.05) is 12.1 Å². The number of hydrogen-bond acceptors (Lipinski definition) is 4. The summed E-state index contributed by atoms with van der Waals surface area (Å²) in [5.41, 5.74) is 6.38. The Bertz CT molecular complexity index is 382. The topological polar surface area (TPSA) is 74.7 Å². The van der Waals surface area contributed by atoms with Crippen molar-refractivity contribution in [2.24, 2.45) is 5.73 Å². The Balaban J connectivity index is 2.07. The van der Waals surface area contributed by atoms with E-state index in [9.17, 15) is 0 Å². The molecule has 1 fully saturated rings. The smallest absolute Gasteiger partial charge is 0.142 e. The van der Waals surface area contributed by atoms with Crippen LogP contribution in [0.2, 0.25) is 0 Å². The van der Waals surface area contributed by atoms with E-state index in [0.717, 1.165) is 25.1 Å². The fraction of sp³-hybridized carbons (Fsp3) is 0.455. The van der Waals surface area contributed by atoms with Gasteiger partial charge in [0.15, 0.2) is 0 Å². The van der Waals surface area contributed by atoms with Gasteiger partial charge in [-0.25, -0.2) is 4.98 Å². The van der Waals surface area contributed by atoms with Gasteiger partial charge in [-0.05, 0) is 31.4 Å². The standard InChI is InChI=1S/C11H14N4/c12-7-8-3-1-6-11(14-8)15-10-5-2-4-9(10)13/h1,3,6,9-10H,2,4-5,13H2,(H,14,15). The first kappa shape index (κ1) is 9.94. The highest BCUT2D eigenvalue weighted by Crippen LogP contribution is 2.20. The minimum absolute atomic E-state index is 0.206. The van der Waals surface area contributed by atoms with Crippen LogP contribution in [0.1, 0.15) is 25.0 Å². The Hall–Kier alpha value is -1.60. The molecule has 0 radical (unpaired) electrons. The van der Waals surface area contributed by atoms with E-state index in [1.165, 1.54) is 0 Å². The van der Waals surface area contributed by atoms with E-state index in [2.05, 4.69) is 10.3 Å². The molecule has 0 bridgehead atoms. The second-order valence-corrected chi connectivity index (χ2v) is 3.87. The van der Waals surface area contributed by atoms with Crippen molar-refractivity contribution in [3.63, 3.8) is 0 Å². The molecule has 1 aromatic heterocycles. The minimum atomic E-state index is 0.206. The highest BCUT2D eigenvalue weighted by Gasteiger charge is 2.23. The van der Waals surface area contributed by atoms with Gasteiger partial charge in [-0.1, -0.05) is 6.07 Å². The van der Waals surface area contributed by atoms with Crippen LogP contribution in [0.3, 0.4) is 0 Å². The maximum Gasteiger partial charge on any atom is 0.142 e. The third kappa shape index (κ3) is 2.25. The number of nitrogens with one attached hydrogen (secondary N) is 1. The van der Waals surface area contributed by atoms with E-state index in [4.69, 9.17) is 11.0 Å². The van der Waals surface area contributed by atoms with Crippen LogP contribution in [0, 0.1) is 11.3 Å². The van der Waals surface area contributed by atoms with Crippen molar-refractivity contribution in [1.29, 1.82) is 5.26 Å². The molecule has 1 saturated carbocycles. The molecule has 0 spiro atoms. The zero-order valence-corrected chi connectivity index (χ0v) is 8.48. The van der Waals surface area contributed by atoms with E-state index >= 15 is 0 Å². The summed E-state index contributed by atoms with van der Waals surface area (Å²) in [7, 11) is 0. The van der Waals surface area contributed by atoms with Gasteiger partial charge >= 0.3 is 0 Å². The molecule has 78 valence electrons. The lowest BCUT2D eigenvalue weighted by Gasteiger charge is -2.17. The maximum absolute atomic E-state index is 8.71. The van der Waals surface area contributed by atoms with Crippen molar-refractivity contribution in [2.45, 2.75) is 31.3 Å². The molecule has 15 heavy (non-hydrogen) atoms. The molecule has 4 heteroatoms. The van der Waals surface area contributed by atoms with Crippen LogP contribution in [0.4, 0.5) is 5.82 Å². The van der Waals surface area contributed by atoms with E-state index < -0.39 is 0 Å². The molecule has 2 atom stereocenters. The monoisotopic (exact) mass is 202 g/mol. The number of pyridine rings is 1. The van der Waals surface area contributed by atoms with E-state index in [0.29, 0.717) is 11.7 Å². The minimum Gasteiger partial charge on any atom is -0.366 e. The van der Waals surface area contributed by atoms with Gasteiger partial charge in [0.1, 0.15) is 17.6 Å². The first-order valence-electron chi connectivity index (χ1n) is 5.19.